The van der Waals surface area contributed by atoms with E-state index in [1.54, 1.807) is 4.68 Å². The standard InChI is InChI=1S/C12H14F2N4/c1-2-5-18-11(7-16-17-18)12(15)9-6-8(13)3-4-10(9)14/h3-4,6-7,12H,2,5,15H2,1H3. The highest BCUT2D eigenvalue weighted by Gasteiger charge is 2.18. The van der Waals surface area contributed by atoms with Gasteiger partial charge in [0.2, 0.25) is 0 Å². The van der Waals surface area contributed by atoms with E-state index in [2.05, 4.69) is 10.3 Å². The summed E-state index contributed by atoms with van der Waals surface area (Å²) in [4.78, 5) is 0. The average molecular weight is 252 g/mol. The molecular formula is C12H14F2N4. The lowest BCUT2D eigenvalue weighted by Crippen LogP contribution is -2.19. The molecule has 0 saturated heterocycles. The van der Waals surface area contributed by atoms with E-state index in [-0.39, 0.29) is 5.56 Å². The van der Waals surface area contributed by atoms with Crippen molar-refractivity contribution < 1.29 is 8.78 Å². The summed E-state index contributed by atoms with van der Waals surface area (Å²) in [5.41, 5.74) is 6.63. The monoisotopic (exact) mass is 252 g/mol. The highest BCUT2D eigenvalue weighted by Crippen LogP contribution is 2.22. The van der Waals surface area contributed by atoms with Crippen molar-refractivity contribution in [1.82, 2.24) is 15.0 Å². The minimum atomic E-state index is -0.776. The number of benzene rings is 1. The predicted octanol–water partition coefficient (Wildman–Crippen LogP) is 2.01. The van der Waals surface area contributed by atoms with Crippen LogP contribution in [0.1, 0.15) is 30.6 Å². The Kier molecular flexibility index (Phi) is 3.66. The van der Waals surface area contributed by atoms with Crippen molar-refractivity contribution >= 4 is 0 Å². The van der Waals surface area contributed by atoms with Crippen LogP contribution in [0.2, 0.25) is 0 Å². The summed E-state index contributed by atoms with van der Waals surface area (Å²) in [6.45, 7) is 2.62. The molecule has 1 atom stereocenters. The van der Waals surface area contributed by atoms with Gasteiger partial charge in [0.1, 0.15) is 11.6 Å². The van der Waals surface area contributed by atoms with Gasteiger partial charge in [-0.05, 0) is 24.6 Å². The molecule has 2 rings (SSSR count). The van der Waals surface area contributed by atoms with Gasteiger partial charge in [-0.25, -0.2) is 13.5 Å². The van der Waals surface area contributed by atoms with E-state index < -0.39 is 17.7 Å². The zero-order chi connectivity index (χ0) is 13.1. The zero-order valence-corrected chi connectivity index (χ0v) is 9.98. The maximum atomic E-state index is 13.6. The first-order chi connectivity index (χ1) is 8.63. The van der Waals surface area contributed by atoms with Crippen LogP contribution in [0.15, 0.2) is 24.4 Å². The molecule has 0 radical (unpaired) electrons. The Morgan fingerprint density at radius 3 is 2.89 bits per heavy atom. The lowest BCUT2D eigenvalue weighted by Gasteiger charge is -2.14. The van der Waals surface area contributed by atoms with Gasteiger partial charge in [0.25, 0.3) is 0 Å². The van der Waals surface area contributed by atoms with Gasteiger partial charge >= 0.3 is 0 Å². The molecule has 96 valence electrons. The summed E-state index contributed by atoms with van der Waals surface area (Å²) >= 11 is 0. The molecule has 1 aromatic heterocycles. The van der Waals surface area contributed by atoms with Gasteiger partial charge in [0.15, 0.2) is 0 Å². The third-order valence-electron chi connectivity index (χ3n) is 2.69. The molecule has 6 heteroatoms. The Balaban J connectivity index is 2.38. The number of hydrogen-bond donors (Lipinski definition) is 1. The van der Waals surface area contributed by atoms with Crippen LogP contribution < -0.4 is 5.73 Å². The highest BCUT2D eigenvalue weighted by atomic mass is 19.1. The SMILES string of the molecule is CCCn1nncc1C(N)c1cc(F)ccc1F. The molecule has 0 aliphatic rings. The van der Waals surface area contributed by atoms with Crippen molar-refractivity contribution in [3.05, 3.63) is 47.3 Å². The molecule has 0 fully saturated rings. The van der Waals surface area contributed by atoms with E-state index in [9.17, 15) is 8.78 Å². The second-order valence-corrected chi connectivity index (χ2v) is 4.03. The van der Waals surface area contributed by atoms with Crippen molar-refractivity contribution in [2.75, 3.05) is 0 Å². The summed E-state index contributed by atoms with van der Waals surface area (Å²) in [5, 5.41) is 7.63. The first kappa shape index (κ1) is 12.6. The first-order valence-corrected chi connectivity index (χ1v) is 5.72. The van der Waals surface area contributed by atoms with Gasteiger partial charge in [-0.1, -0.05) is 12.1 Å². The highest BCUT2D eigenvalue weighted by molar-refractivity contribution is 5.28. The van der Waals surface area contributed by atoms with Gasteiger partial charge in [0.05, 0.1) is 17.9 Å². The predicted molar refractivity (Wildman–Crippen MR) is 62.7 cm³/mol. The molecule has 1 heterocycles. The Bertz CT molecular complexity index is 539. The lowest BCUT2D eigenvalue weighted by atomic mass is 10.0. The molecule has 1 aromatic carbocycles. The van der Waals surface area contributed by atoms with E-state index in [1.807, 2.05) is 6.92 Å². The van der Waals surface area contributed by atoms with Crippen LogP contribution in [0.4, 0.5) is 8.78 Å². The second kappa shape index (κ2) is 5.22. The molecule has 2 N–H and O–H groups in total. The fraction of sp³-hybridized carbons (Fsp3) is 0.333. The van der Waals surface area contributed by atoms with Crippen LogP contribution >= 0.6 is 0 Å². The van der Waals surface area contributed by atoms with Crippen LogP contribution in [-0.4, -0.2) is 15.0 Å². The van der Waals surface area contributed by atoms with E-state index in [0.717, 1.165) is 24.6 Å². The summed E-state index contributed by atoms with van der Waals surface area (Å²) < 4.78 is 28.4. The number of aromatic nitrogens is 3. The van der Waals surface area contributed by atoms with E-state index in [0.29, 0.717) is 12.2 Å². The number of halogens is 2. The normalized spacial score (nSPS) is 12.7. The quantitative estimate of drug-likeness (QED) is 0.905. The Labute approximate surface area is 103 Å². The first-order valence-electron chi connectivity index (χ1n) is 5.72. The van der Waals surface area contributed by atoms with E-state index in [4.69, 9.17) is 5.73 Å². The molecular weight excluding hydrogens is 238 g/mol. The number of nitrogens with two attached hydrogens (primary N) is 1. The van der Waals surface area contributed by atoms with Gasteiger partial charge in [0, 0.05) is 12.1 Å². The Hall–Kier alpha value is -1.82. The van der Waals surface area contributed by atoms with E-state index >= 15 is 0 Å². The van der Waals surface area contributed by atoms with Crippen LogP contribution in [-0.2, 0) is 6.54 Å². The van der Waals surface area contributed by atoms with Gasteiger partial charge < -0.3 is 5.73 Å². The molecule has 0 amide bonds. The molecule has 0 spiro atoms. The smallest absolute Gasteiger partial charge is 0.128 e. The molecule has 0 aliphatic heterocycles. The van der Waals surface area contributed by atoms with Crippen molar-refractivity contribution in [1.29, 1.82) is 0 Å². The summed E-state index contributed by atoms with van der Waals surface area (Å²) in [7, 11) is 0. The number of rotatable bonds is 4. The molecule has 18 heavy (non-hydrogen) atoms. The topological polar surface area (TPSA) is 56.7 Å². The van der Waals surface area contributed by atoms with Gasteiger partial charge in [-0.3, -0.25) is 0 Å². The largest absolute Gasteiger partial charge is 0.319 e. The van der Waals surface area contributed by atoms with Crippen molar-refractivity contribution in [2.24, 2.45) is 5.73 Å². The van der Waals surface area contributed by atoms with Crippen LogP contribution in [0, 0.1) is 11.6 Å². The number of hydrogen-bond acceptors (Lipinski definition) is 3. The summed E-state index contributed by atoms with van der Waals surface area (Å²) in [5.74, 6) is -1.05. The number of aryl methyl sites for hydroxylation is 1. The summed E-state index contributed by atoms with van der Waals surface area (Å²) in [6, 6.07) is 2.46. The molecule has 4 nitrogen and oxygen atoms in total. The molecule has 2 aromatic rings. The van der Waals surface area contributed by atoms with Gasteiger partial charge in [-0.2, -0.15) is 0 Å². The average Bonchev–Trinajstić information content (AvgIpc) is 2.80. The Morgan fingerprint density at radius 2 is 2.17 bits per heavy atom. The van der Waals surface area contributed by atoms with Crippen molar-refractivity contribution in [3.63, 3.8) is 0 Å². The van der Waals surface area contributed by atoms with Crippen LogP contribution in [0.5, 0.6) is 0 Å². The minimum Gasteiger partial charge on any atom is -0.319 e. The lowest BCUT2D eigenvalue weighted by molar-refractivity contribution is 0.529. The maximum Gasteiger partial charge on any atom is 0.128 e. The molecule has 0 bridgehead atoms. The fourth-order valence-corrected chi connectivity index (χ4v) is 1.80. The second-order valence-electron chi connectivity index (χ2n) is 4.03. The zero-order valence-electron chi connectivity index (χ0n) is 9.98. The maximum absolute atomic E-state index is 13.6. The molecule has 0 aliphatic carbocycles. The fourth-order valence-electron chi connectivity index (χ4n) is 1.80. The number of nitrogens with zero attached hydrogens (tertiary/aromatic N) is 3. The van der Waals surface area contributed by atoms with E-state index in [1.165, 1.54) is 6.20 Å². The summed E-state index contributed by atoms with van der Waals surface area (Å²) in [6.07, 6.45) is 2.33. The van der Waals surface area contributed by atoms with Crippen LogP contribution in [0.25, 0.3) is 0 Å². The Morgan fingerprint density at radius 1 is 1.39 bits per heavy atom. The minimum absolute atomic E-state index is 0.106. The van der Waals surface area contributed by atoms with Gasteiger partial charge in [-0.15, -0.1) is 5.10 Å². The molecule has 1 unspecified atom stereocenters. The molecule has 0 saturated carbocycles. The third kappa shape index (κ3) is 2.38. The van der Waals surface area contributed by atoms with Crippen molar-refractivity contribution in [2.45, 2.75) is 25.9 Å². The third-order valence-corrected chi connectivity index (χ3v) is 2.69. The van der Waals surface area contributed by atoms with Crippen LogP contribution in [0.3, 0.4) is 0 Å². The van der Waals surface area contributed by atoms with Crippen molar-refractivity contribution in [3.8, 4) is 0 Å².